The Morgan fingerprint density at radius 3 is 2.81 bits per heavy atom. The molecule has 0 bridgehead atoms. The Labute approximate surface area is 94.1 Å². The van der Waals surface area contributed by atoms with Gasteiger partial charge in [-0.05, 0) is 23.6 Å². The first-order valence-corrected chi connectivity index (χ1v) is 4.88. The van der Waals surface area contributed by atoms with E-state index in [-0.39, 0.29) is 12.3 Å². The molecule has 1 atom stereocenters. The van der Waals surface area contributed by atoms with E-state index in [1.165, 1.54) is 7.11 Å². The lowest BCUT2D eigenvalue weighted by molar-refractivity contribution is -0.137. The van der Waals surface area contributed by atoms with Gasteiger partial charge in [-0.3, -0.25) is 4.79 Å². The third kappa shape index (κ3) is 2.74. The van der Waals surface area contributed by atoms with E-state index in [0.29, 0.717) is 11.3 Å². The van der Waals surface area contributed by atoms with Crippen LogP contribution in [-0.4, -0.2) is 18.2 Å². The summed E-state index contributed by atoms with van der Waals surface area (Å²) in [5.41, 5.74) is 1.26. The molecule has 16 heavy (non-hydrogen) atoms. The van der Waals surface area contributed by atoms with E-state index in [1.54, 1.807) is 18.2 Å². The minimum atomic E-state index is -0.846. The number of carbonyl (C=O) groups is 1. The number of hydrogen-bond donors (Lipinski definition) is 1. The van der Waals surface area contributed by atoms with Gasteiger partial charge >= 0.3 is 5.97 Å². The maximum Gasteiger partial charge on any atom is 0.303 e. The summed E-state index contributed by atoms with van der Waals surface area (Å²) in [5, 5.41) is 17.6. The molecule has 1 rings (SSSR count). The Morgan fingerprint density at radius 1 is 1.62 bits per heavy atom. The van der Waals surface area contributed by atoms with Gasteiger partial charge in [0.2, 0.25) is 0 Å². The van der Waals surface area contributed by atoms with Crippen molar-refractivity contribution in [2.75, 3.05) is 7.11 Å². The fourth-order valence-electron chi connectivity index (χ4n) is 1.50. The highest BCUT2D eigenvalue weighted by atomic mass is 16.5. The van der Waals surface area contributed by atoms with Crippen LogP contribution in [-0.2, 0) is 4.79 Å². The van der Waals surface area contributed by atoms with Crippen LogP contribution < -0.4 is 4.74 Å². The van der Waals surface area contributed by atoms with Gasteiger partial charge in [0.25, 0.3) is 0 Å². The van der Waals surface area contributed by atoms with Crippen molar-refractivity contribution in [3.63, 3.8) is 0 Å². The summed E-state index contributed by atoms with van der Waals surface area (Å²) in [6.45, 7) is 1.82. The molecule has 0 saturated heterocycles. The van der Waals surface area contributed by atoms with Crippen molar-refractivity contribution in [3.05, 3.63) is 29.3 Å². The van der Waals surface area contributed by atoms with Gasteiger partial charge in [0.1, 0.15) is 11.8 Å². The molecule has 1 aromatic rings. The van der Waals surface area contributed by atoms with Gasteiger partial charge in [0.15, 0.2) is 0 Å². The lowest BCUT2D eigenvalue weighted by Crippen LogP contribution is -2.03. The average Bonchev–Trinajstić information content (AvgIpc) is 2.27. The van der Waals surface area contributed by atoms with Crippen LogP contribution in [0.3, 0.4) is 0 Å². The van der Waals surface area contributed by atoms with Crippen LogP contribution in [0.1, 0.15) is 30.4 Å². The summed E-state index contributed by atoms with van der Waals surface area (Å²) in [6, 6.07) is 7.17. The van der Waals surface area contributed by atoms with Gasteiger partial charge in [0, 0.05) is 0 Å². The molecule has 0 aromatic heterocycles. The maximum atomic E-state index is 10.6. The average molecular weight is 219 g/mol. The van der Waals surface area contributed by atoms with Crippen LogP contribution in [0, 0.1) is 11.3 Å². The van der Waals surface area contributed by atoms with Crippen molar-refractivity contribution >= 4 is 5.97 Å². The topological polar surface area (TPSA) is 70.3 Å². The zero-order chi connectivity index (χ0) is 12.1. The van der Waals surface area contributed by atoms with Crippen molar-refractivity contribution in [1.82, 2.24) is 0 Å². The number of aliphatic carboxylic acids is 1. The third-order valence-corrected chi connectivity index (χ3v) is 2.39. The fraction of sp³-hybridized carbons (Fsp3) is 0.333. The molecular weight excluding hydrogens is 206 g/mol. The van der Waals surface area contributed by atoms with Gasteiger partial charge < -0.3 is 9.84 Å². The molecule has 1 N–H and O–H groups in total. The van der Waals surface area contributed by atoms with Gasteiger partial charge in [0.05, 0.1) is 19.1 Å². The smallest absolute Gasteiger partial charge is 0.303 e. The summed E-state index contributed by atoms with van der Waals surface area (Å²) in [6.07, 6.45) is 0.0528. The number of benzene rings is 1. The quantitative estimate of drug-likeness (QED) is 0.842. The molecule has 0 spiro atoms. The highest BCUT2D eigenvalue weighted by Crippen LogP contribution is 2.25. The van der Waals surface area contributed by atoms with Crippen molar-refractivity contribution in [2.24, 2.45) is 0 Å². The lowest BCUT2D eigenvalue weighted by atomic mass is 9.96. The van der Waals surface area contributed by atoms with E-state index in [2.05, 4.69) is 0 Å². The highest BCUT2D eigenvalue weighted by molar-refractivity contribution is 5.68. The molecular formula is C12H13NO3. The number of nitriles is 1. The number of nitrogens with zero attached hydrogens (tertiary/aromatic N) is 1. The first-order chi connectivity index (χ1) is 7.58. The van der Waals surface area contributed by atoms with Gasteiger partial charge in [-0.1, -0.05) is 13.0 Å². The summed E-state index contributed by atoms with van der Waals surface area (Å²) >= 11 is 0. The molecule has 4 nitrogen and oxygen atoms in total. The van der Waals surface area contributed by atoms with Crippen molar-refractivity contribution in [3.8, 4) is 11.8 Å². The molecule has 0 aliphatic rings. The highest BCUT2D eigenvalue weighted by Gasteiger charge is 2.12. The summed E-state index contributed by atoms with van der Waals surface area (Å²) in [5.74, 6) is -0.453. The molecule has 4 heteroatoms. The molecule has 0 fully saturated rings. The first kappa shape index (κ1) is 12.1. The number of rotatable bonds is 4. The minimum Gasteiger partial charge on any atom is -0.495 e. The van der Waals surface area contributed by atoms with Crippen molar-refractivity contribution < 1.29 is 14.6 Å². The molecule has 1 unspecified atom stereocenters. The SMILES string of the molecule is COc1ccc(C(C)CC(=O)O)cc1C#N. The van der Waals surface area contributed by atoms with Crippen LogP contribution in [0.25, 0.3) is 0 Å². The van der Waals surface area contributed by atoms with Gasteiger partial charge in [-0.25, -0.2) is 0 Å². The monoisotopic (exact) mass is 219 g/mol. The molecule has 0 radical (unpaired) electrons. The Morgan fingerprint density at radius 2 is 2.31 bits per heavy atom. The van der Waals surface area contributed by atoms with E-state index in [1.807, 2.05) is 13.0 Å². The van der Waals surface area contributed by atoms with Crippen LogP contribution in [0.2, 0.25) is 0 Å². The minimum absolute atomic E-state index is 0.0528. The third-order valence-electron chi connectivity index (χ3n) is 2.39. The van der Waals surface area contributed by atoms with E-state index in [9.17, 15) is 4.79 Å². The van der Waals surface area contributed by atoms with Crippen LogP contribution in [0.15, 0.2) is 18.2 Å². The summed E-state index contributed by atoms with van der Waals surface area (Å²) < 4.78 is 5.01. The standard InChI is InChI=1S/C12H13NO3/c1-8(5-12(14)15)9-3-4-11(16-2)10(6-9)7-13/h3-4,6,8H,5H2,1-2H3,(H,14,15). The van der Waals surface area contributed by atoms with E-state index in [0.717, 1.165) is 5.56 Å². The number of methoxy groups -OCH3 is 1. The maximum absolute atomic E-state index is 10.6. The molecule has 84 valence electrons. The molecule has 0 amide bonds. The molecule has 1 aromatic carbocycles. The van der Waals surface area contributed by atoms with Crippen LogP contribution in [0.4, 0.5) is 0 Å². The van der Waals surface area contributed by atoms with Crippen LogP contribution >= 0.6 is 0 Å². The lowest BCUT2D eigenvalue weighted by Gasteiger charge is -2.11. The predicted octanol–water partition coefficient (Wildman–Crippen LogP) is 2.15. The van der Waals surface area contributed by atoms with Gasteiger partial charge in [-0.2, -0.15) is 5.26 Å². The summed E-state index contributed by atoms with van der Waals surface area (Å²) in [7, 11) is 1.50. The number of carboxylic acids is 1. The summed E-state index contributed by atoms with van der Waals surface area (Å²) in [4.78, 5) is 10.6. The zero-order valence-electron chi connectivity index (χ0n) is 9.23. The van der Waals surface area contributed by atoms with Crippen molar-refractivity contribution in [1.29, 1.82) is 5.26 Å². The Kier molecular flexibility index (Phi) is 3.90. The fourth-order valence-corrected chi connectivity index (χ4v) is 1.50. The second kappa shape index (κ2) is 5.17. The normalized spacial score (nSPS) is 11.6. The van der Waals surface area contributed by atoms with E-state index < -0.39 is 5.97 Å². The van der Waals surface area contributed by atoms with E-state index >= 15 is 0 Å². The Hall–Kier alpha value is -2.02. The molecule has 0 aliphatic heterocycles. The van der Waals surface area contributed by atoms with Crippen LogP contribution in [0.5, 0.6) is 5.75 Å². The Bertz CT molecular complexity index is 434. The molecule has 0 aliphatic carbocycles. The van der Waals surface area contributed by atoms with Gasteiger partial charge in [-0.15, -0.1) is 0 Å². The number of ether oxygens (including phenoxy) is 1. The first-order valence-electron chi connectivity index (χ1n) is 4.88. The molecule has 0 heterocycles. The zero-order valence-corrected chi connectivity index (χ0v) is 9.23. The predicted molar refractivity (Wildman–Crippen MR) is 58.4 cm³/mol. The number of hydrogen-bond acceptors (Lipinski definition) is 3. The van der Waals surface area contributed by atoms with Crippen molar-refractivity contribution in [2.45, 2.75) is 19.3 Å². The van der Waals surface area contributed by atoms with E-state index in [4.69, 9.17) is 15.1 Å². The largest absolute Gasteiger partial charge is 0.495 e. The molecule has 0 saturated carbocycles. The number of carboxylic acid groups (broad SMARTS) is 1. The Balaban J connectivity index is 2.99. The second-order valence-corrected chi connectivity index (χ2v) is 3.57. The second-order valence-electron chi connectivity index (χ2n) is 3.57.